The molecule has 0 spiro atoms. The summed E-state index contributed by atoms with van der Waals surface area (Å²) in [6.07, 6.45) is -0.552. The van der Waals surface area contributed by atoms with E-state index in [2.05, 4.69) is 0 Å². The van der Waals surface area contributed by atoms with E-state index < -0.39 is 6.10 Å². The summed E-state index contributed by atoms with van der Waals surface area (Å²) in [7, 11) is 0. The number of aliphatic hydroxyl groups is 1. The van der Waals surface area contributed by atoms with Gasteiger partial charge in [-0.15, -0.1) is 0 Å². The molecule has 0 saturated heterocycles. The predicted molar refractivity (Wildman–Crippen MR) is 78.3 cm³/mol. The number of ether oxygens (including phenoxy) is 1. The largest absolute Gasteiger partial charge is 0.456 e. The molecule has 2 aromatic rings. The van der Waals surface area contributed by atoms with Crippen LogP contribution in [-0.4, -0.2) is 5.11 Å². The molecule has 100 valence electrons. The van der Waals surface area contributed by atoms with Gasteiger partial charge in [-0.3, -0.25) is 0 Å². The van der Waals surface area contributed by atoms with Crippen LogP contribution >= 0.6 is 23.2 Å². The Kier molecular flexibility index (Phi) is 4.35. The number of halogens is 2. The van der Waals surface area contributed by atoms with Crippen LogP contribution in [0.1, 0.15) is 24.2 Å². The second-order valence-corrected chi connectivity index (χ2v) is 5.19. The SMILES string of the molecule is Cc1cc(Oc2ccc([C@H](C)O)cc2Cl)ccc1Cl. The number of hydrogen-bond donors (Lipinski definition) is 1. The molecule has 0 aliphatic heterocycles. The van der Waals surface area contributed by atoms with Crippen molar-refractivity contribution in [2.75, 3.05) is 0 Å². The predicted octanol–water partition coefficient (Wildman–Crippen LogP) is 5.15. The van der Waals surface area contributed by atoms with E-state index in [9.17, 15) is 5.11 Å². The van der Waals surface area contributed by atoms with E-state index in [4.69, 9.17) is 27.9 Å². The number of benzene rings is 2. The highest BCUT2D eigenvalue weighted by atomic mass is 35.5. The van der Waals surface area contributed by atoms with E-state index in [1.165, 1.54) is 0 Å². The monoisotopic (exact) mass is 296 g/mol. The highest BCUT2D eigenvalue weighted by molar-refractivity contribution is 6.32. The minimum Gasteiger partial charge on any atom is -0.456 e. The highest BCUT2D eigenvalue weighted by Crippen LogP contribution is 2.32. The minimum absolute atomic E-state index is 0.464. The Morgan fingerprint density at radius 3 is 2.37 bits per heavy atom. The first-order valence-electron chi connectivity index (χ1n) is 5.89. The first kappa shape index (κ1) is 14.2. The van der Waals surface area contributed by atoms with Crippen LogP contribution in [0.2, 0.25) is 10.0 Å². The Hall–Kier alpha value is -1.22. The lowest BCUT2D eigenvalue weighted by Gasteiger charge is -2.11. The van der Waals surface area contributed by atoms with Crippen LogP contribution in [0.5, 0.6) is 11.5 Å². The maximum atomic E-state index is 9.48. The fourth-order valence-corrected chi connectivity index (χ4v) is 2.01. The second-order valence-electron chi connectivity index (χ2n) is 4.38. The minimum atomic E-state index is -0.552. The zero-order valence-corrected chi connectivity index (χ0v) is 12.2. The van der Waals surface area contributed by atoms with Crippen molar-refractivity contribution in [3.63, 3.8) is 0 Å². The van der Waals surface area contributed by atoms with Gasteiger partial charge < -0.3 is 9.84 Å². The molecule has 4 heteroatoms. The van der Waals surface area contributed by atoms with Crippen LogP contribution in [-0.2, 0) is 0 Å². The zero-order chi connectivity index (χ0) is 14.0. The standard InChI is InChI=1S/C15H14Cl2O2/c1-9-7-12(4-5-13(9)16)19-15-6-3-11(10(2)18)8-14(15)17/h3-8,10,18H,1-2H3/t10-/m0/s1. The number of aryl methyl sites for hydroxylation is 1. The topological polar surface area (TPSA) is 29.5 Å². The smallest absolute Gasteiger partial charge is 0.146 e. The summed E-state index contributed by atoms with van der Waals surface area (Å²) in [5.41, 5.74) is 1.69. The van der Waals surface area contributed by atoms with Crippen molar-refractivity contribution in [1.82, 2.24) is 0 Å². The quantitative estimate of drug-likeness (QED) is 0.849. The van der Waals surface area contributed by atoms with Crippen molar-refractivity contribution in [2.24, 2.45) is 0 Å². The maximum Gasteiger partial charge on any atom is 0.146 e. The molecule has 0 heterocycles. The Morgan fingerprint density at radius 1 is 1.05 bits per heavy atom. The van der Waals surface area contributed by atoms with Gasteiger partial charge in [0, 0.05) is 5.02 Å². The Bertz CT molecular complexity index is 595. The Labute approximate surface area is 122 Å². The van der Waals surface area contributed by atoms with E-state index in [1.54, 1.807) is 37.3 Å². The molecule has 0 aliphatic carbocycles. The highest BCUT2D eigenvalue weighted by Gasteiger charge is 2.08. The van der Waals surface area contributed by atoms with Gasteiger partial charge in [0.2, 0.25) is 0 Å². The van der Waals surface area contributed by atoms with Crippen molar-refractivity contribution in [3.05, 3.63) is 57.6 Å². The molecule has 2 rings (SSSR count). The third-order valence-corrected chi connectivity index (χ3v) is 3.52. The van der Waals surface area contributed by atoms with Crippen LogP contribution < -0.4 is 4.74 Å². The molecule has 0 saturated carbocycles. The van der Waals surface area contributed by atoms with Crippen LogP contribution in [0, 0.1) is 6.92 Å². The van der Waals surface area contributed by atoms with Gasteiger partial charge in [0.15, 0.2) is 0 Å². The van der Waals surface area contributed by atoms with Gasteiger partial charge in [0.05, 0.1) is 11.1 Å². The van der Waals surface area contributed by atoms with Gasteiger partial charge >= 0.3 is 0 Å². The first-order chi connectivity index (χ1) is 8.97. The zero-order valence-electron chi connectivity index (χ0n) is 10.7. The molecule has 19 heavy (non-hydrogen) atoms. The van der Waals surface area contributed by atoms with E-state index in [-0.39, 0.29) is 0 Å². The molecule has 0 radical (unpaired) electrons. The third kappa shape index (κ3) is 3.41. The number of hydrogen-bond acceptors (Lipinski definition) is 2. The average molecular weight is 297 g/mol. The van der Waals surface area contributed by atoms with Gasteiger partial charge in [0.25, 0.3) is 0 Å². The Morgan fingerprint density at radius 2 is 1.79 bits per heavy atom. The van der Waals surface area contributed by atoms with Crippen LogP contribution in [0.4, 0.5) is 0 Å². The summed E-state index contributed by atoms with van der Waals surface area (Å²) < 4.78 is 5.71. The normalized spacial score (nSPS) is 12.3. The van der Waals surface area contributed by atoms with Gasteiger partial charge in [-0.25, -0.2) is 0 Å². The van der Waals surface area contributed by atoms with Crippen LogP contribution in [0.15, 0.2) is 36.4 Å². The molecule has 0 bridgehead atoms. The van der Waals surface area contributed by atoms with Crippen LogP contribution in [0.3, 0.4) is 0 Å². The molecule has 1 N–H and O–H groups in total. The molecule has 0 unspecified atom stereocenters. The molecule has 0 aliphatic rings. The lowest BCUT2D eigenvalue weighted by molar-refractivity contribution is 0.199. The summed E-state index contributed by atoms with van der Waals surface area (Å²) in [5.74, 6) is 1.22. The summed E-state index contributed by atoms with van der Waals surface area (Å²) in [6, 6.07) is 10.6. The van der Waals surface area contributed by atoms with Crippen molar-refractivity contribution in [1.29, 1.82) is 0 Å². The Balaban J connectivity index is 2.25. The van der Waals surface area contributed by atoms with E-state index in [0.29, 0.717) is 21.5 Å². The molecule has 2 nitrogen and oxygen atoms in total. The molecule has 0 fully saturated rings. The second kappa shape index (κ2) is 5.83. The number of aliphatic hydroxyl groups excluding tert-OH is 1. The van der Waals surface area contributed by atoms with Gasteiger partial charge in [-0.2, -0.15) is 0 Å². The van der Waals surface area contributed by atoms with Crippen molar-refractivity contribution in [2.45, 2.75) is 20.0 Å². The lowest BCUT2D eigenvalue weighted by atomic mass is 10.1. The third-order valence-electron chi connectivity index (χ3n) is 2.80. The van der Waals surface area contributed by atoms with Gasteiger partial charge in [-0.1, -0.05) is 29.3 Å². The lowest BCUT2D eigenvalue weighted by Crippen LogP contribution is -1.92. The molecular formula is C15H14Cl2O2. The summed E-state index contributed by atoms with van der Waals surface area (Å²) in [4.78, 5) is 0. The van der Waals surface area contributed by atoms with Crippen molar-refractivity contribution >= 4 is 23.2 Å². The van der Waals surface area contributed by atoms with Crippen LogP contribution in [0.25, 0.3) is 0 Å². The number of rotatable bonds is 3. The van der Waals surface area contributed by atoms with Gasteiger partial charge in [0.1, 0.15) is 11.5 Å². The maximum absolute atomic E-state index is 9.48. The fraction of sp³-hybridized carbons (Fsp3) is 0.200. The summed E-state index contributed by atoms with van der Waals surface area (Å²) in [5, 5.41) is 10.6. The van der Waals surface area contributed by atoms with Crippen molar-refractivity contribution < 1.29 is 9.84 Å². The van der Waals surface area contributed by atoms with E-state index >= 15 is 0 Å². The molecular weight excluding hydrogens is 283 g/mol. The molecule has 0 amide bonds. The van der Waals surface area contributed by atoms with E-state index in [1.807, 2.05) is 13.0 Å². The van der Waals surface area contributed by atoms with Crippen molar-refractivity contribution in [3.8, 4) is 11.5 Å². The summed E-state index contributed by atoms with van der Waals surface area (Å²) >= 11 is 12.1. The first-order valence-corrected chi connectivity index (χ1v) is 6.64. The summed E-state index contributed by atoms with van der Waals surface area (Å²) in [6.45, 7) is 3.60. The fourth-order valence-electron chi connectivity index (χ4n) is 1.67. The van der Waals surface area contributed by atoms with E-state index in [0.717, 1.165) is 11.1 Å². The van der Waals surface area contributed by atoms with Gasteiger partial charge in [-0.05, 0) is 55.3 Å². The molecule has 2 aromatic carbocycles. The average Bonchev–Trinajstić information content (AvgIpc) is 2.36. The molecule has 1 atom stereocenters. The molecule has 0 aromatic heterocycles.